The molecule has 3 nitrogen and oxygen atoms in total. The molecule has 1 aliphatic heterocycles. The third-order valence-electron chi connectivity index (χ3n) is 3.95. The van der Waals surface area contributed by atoms with Crippen LogP contribution in [0, 0.1) is 5.41 Å². The number of ether oxygens (including phenoxy) is 1. The van der Waals surface area contributed by atoms with Crippen molar-refractivity contribution in [2.45, 2.75) is 32.7 Å². The van der Waals surface area contributed by atoms with Crippen molar-refractivity contribution in [1.29, 1.82) is 0 Å². The van der Waals surface area contributed by atoms with E-state index in [4.69, 9.17) is 4.74 Å². The SMILES string of the molecule is CN(CC1(CNC(C)(C)C)CCOC1)c1ccccc1. The zero-order valence-corrected chi connectivity index (χ0v) is 13.3. The highest BCUT2D eigenvalue weighted by Gasteiger charge is 2.36. The number of anilines is 1. The van der Waals surface area contributed by atoms with Crippen LogP contribution in [0.25, 0.3) is 0 Å². The maximum Gasteiger partial charge on any atom is 0.0552 e. The maximum absolute atomic E-state index is 5.70. The Hall–Kier alpha value is -1.06. The van der Waals surface area contributed by atoms with Crippen LogP contribution in [0.3, 0.4) is 0 Å². The van der Waals surface area contributed by atoms with Gasteiger partial charge in [0.05, 0.1) is 6.61 Å². The lowest BCUT2D eigenvalue weighted by atomic mass is 9.85. The molecule has 0 aliphatic carbocycles. The second-order valence-corrected chi connectivity index (χ2v) is 7.10. The van der Waals surface area contributed by atoms with Gasteiger partial charge in [-0.3, -0.25) is 0 Å². The maximum atomic E-state index is 5.70. The molecule has 1 unspecified atom stereocenters. The number of hydrogen-bond acceptors (Lipinski definition) is 3. The molecule has 1 aromatic carbocycles. The Morgan fingerprint density at radius 3 is 2.50 bits per heavy atom. The van der Waals surface area contributed by atoms with Gasteiger partial charge in [0.1, 0.15) is 0 Å². The van der Waals surface area contributed by atoms with Crippen LogP contribution in [0.4, 0.5) is 5.69 Å². The quantitative estimate of drug-likeness (QED) is 0.895. The van der Waals surface area contributed by atoms with E-state index in [1.54, 1.807) is 0 Å². The topological polar surface area (TPSA) is 24.5 Å². The van der Waals surface area contributed by atoms with Gasteiger partial charge in [-0.05, 0) is 39.3 Å². The number of rotatable bonds is 5. The van der Waals surface area contributed by atoms with Crippen LogP contribution in [0.1, 0.15) is 27.2 Å². The molecule has 0 spiro atoms. The highest BCUT2D eigenvalue weighted by molar-refractivity contribution is 5.45. The molecule has 20 heavy (non-hydrogen) atoms. The molecule has 0 aromatic heterocycles. The summed E-state index contributed by atoms with van der Waals surface area (Å²) < 4.78 is 5.70. The highest BCUT2D eigenvalue weighted by Crippen LogP contribution is 2.31. The first-order valence-corrected chi connectivity index (χ1v) is 7.49. The van der Waals surface area contributed by atoms with Crippen LogP contribution in [0.15, 0.2) is 30.3 Å². The first-order chi connectivity index (χ1) is 9.40. The minimum absolute atomic E-state index is 0.154. The Morgan fingerprint density at radius 1 is 1.25 bits per heavy atom. The lowest BCUT2D eigenvalue weighted by molar-refractivity contribution is 0.147. The molecule has 0 amide bonds. The van der Waals surface area contributed by atoms with Gasteiger partial charge in [-0.1, -0.05) is 18.2 Å². The van der Waals surface area contributed by atoms with Gasteiger partial charge in [0.15, 0.2) is 0 Å². The van der Waals surface area contributed by atoms with Crippen molar-refractivity contribution < 1.29 is 4.74 Å². The summed E-state index contributed by atoms with van der Waals surface area (Å²) in [7, 11) is 2.17. The van der Waals surface area contributed by atoms with E-state index in [-0.39, 0.29) is 11.0 Å². The van der Waals surface area contributed by atoms with Gasteiger partial charge >= 0.3 is 0 Å². The van der Waals surface area contributed by atoms with E-state index in [1.165, 1.54) is 5.69 Å². The minimum atomic E-state index is 0.154. The Bertz CT molecular complexity index is 405. The second kappa shape index (κ2) is 6.15. The van der Waals surface area contributed by atoms with Gasteiger partial charge in [0, 0.05) is 43.4 Å². The van der Waals surface area contributed by atoms with Crippen LogP contribution < -0.4 is 10.2 Å². The van der Waals surface area contributed by atoms with Gasteiger partial charge in [-0.2, -0.15) is 0 Å². The number of benzene rings is 1. The first-order valence-electron chi connectivity index (χ1n) is 7.49. The standard InChI is InChI=1S/C17H28N2O/c1-16(2,3)18-12-17(10-11-20-14-17)13-19(4)15-8-6-5-7-9-15/h5-9,18H,10-14H2,1-4H3. The zero-order valence-electron chi connectivity index (χ0n) is 13.3. The Kier molecular flexibility index (Phi) is 4.71. The summed E-state index contributed by atoms with van der Waals surface area (Å²) >= 11 is 0. The molecule has 1 aliphatic rings. The van der Waals surface area contributed by atoms with Crippen LogP contribution in [-0.4, -0.2) is 38.9 Å². The van der Waals surface area contributed by atoms with Gasteiger partial charge in [-0.15, -0.1) is 0 Å². The predicted molar refractivity (Wildman–Crippen MR) is 85.3 cm³/mol. The van der Waals surface area contributed by atoms with Crippen molar-refractivity contribution in [3.8, 4) is 0 Å². The Labute approximate surface area is 123 Å². The van der Waals surface area contributed by atoms with Crippen LogP contribution >= 0.6 is 0 Å². The fourth-order valence-corrected chi connectivity index (χ4v) is 2.70. The Balaban J connectivity index is 2.02. The summed E-state index contributed by atoms with van der Waals surface area (Å²) in [6, 6.07) is 10.6. The molecule has 1 atom stereocenters. The molecule has 0 bridgehead atoms. The van der Waals surface area contributed by atoms with E-state index >= 15 is 0 Å². The van der Waals surface area contributed by atoms with E-state index in [0.717, 1.165) is 32.7 Å². The smallest absolute Gasteiger partial charge is 0.0552 e. The summed E-state index contributed by atoms with van der Waals surface area (Å²) in [5.41, 5.74) is 1.65. The van der Waals surface area contributed by atoms with Gasteiger partial charge in [-0.25, -0.2) is 0 Å². The molecule has 1 fully saturated rings. The van der Waals surface area contributed by atoms with Crippen molar-refractivity contribution in [1.82, 2.24) is 5.32 Å². The van der Waals surface area contributed by atoms with Crippen molar-refractivity contribution in [3.05, 3.63) is 30.3 Å². The molecule has 1 aromatic rings. The summed E-state index contributed by atoms with van der Waals surface area (Å²) in [6.07, 6.45) is 1.13. The molecule has 0 radical (unpaired) electrons. The van der Waals surface area contributed by atoms with Gasteiger partial charge in [0.2, 0.25) is 0 Å². The largest absolute Gasteiger partial charge is 0.381 e. The van der Waals surface area contributed by atoms with E-state index in [0.29, 0.717) is 0 Å². The molecule has 1 saturated heterocycles. The predicted octanol–water partition coefficient (Wildman–Crippen LogP) is 2.92. The normalized spacial score (nSPS) is 23.0. The fraction of sp³-hybridized carbons (Fsp3) is 0.647. The average molecular weight is 276 g/mol. The molecule has 112 valence electrons. The fourth-order valence-electron chi connectivity index (χ4n) is 2.70. The molecule has 1 N–H and O–H groups in total. The van der Waals surface area contributed by atoms with Gasteiger partial charge < -0.3 is 15.0 Å². The van der Waals surface area contributed by atoms with E-state index < -0.39 is 0 Å². The third-order valence-corrected chi connectivity index (χ3v) is 3.95. The Morgan fingerprint density at radius 2 is 1.95 bits per heavy atom. The van der Waals surface area contributed by atoms with Gasteiger partial charge in [0.25, 0.3) is 0 Å². The molecular formula is C17H28N2O. The highest BCUT2D eigenvalue weighted by atomic mass is 16.5. The lowest BCUT2D eigenvalue weighted by Crippen LogP contribution is -2.48. The zero-order chi connectivity index (χ0) is 14.6. The molecule has 0 saturated carbocycles. The summed E-state index contributed by atoms with van der Waals surface area (Å²) in [5, 5.41) is 3.65. The van der Waals surface area contributed by atoms with E-state index in [1.807, 2.05) is 0 Å². The molecule has 2 rings (SSSR count). The number of nitrogens with one attached hydrogen (secondary N) is 1. The number of para-hydroxylation sites is 1. The lowest BCUT2D eigenvalue weighted by Gasteiger charge is -2.36. The van der Waals surface area contributed by atoms with Crippen molar-refractivity contribution in [3.63, 3.8) is 0 Å². The molecular weight excluding hydrogens is 248 g/mol. The summed E-state index contributed by atoms with van der Waals surface area (Å²) in [5.74, 6) is 0. The summed E-state index contributed by atoms with van der Waals surface area (Å²) in [4.78, 5) is 2.35. The monoisotopic (exact) mass is 276 g/mol. The minimum Gasteiger partial charge on any atom is -0.381 e. The summed E-state index contributed by atoms with van der Waals surface area (Å²) in [6.45, 7) is 10.4. The van der Waals surface area contributed by atoms with Crippen LogP contribution in [0.5, 0.6) is 0 Å². The van der Waals surface area contributed by atoms with Crippen molar-refractivity contribution in [2.24, 2.45) is 5.41 Å². The molecule has 1 heterocycles. The third kappa shape index (κ3) is 4.22. The van der Waals surface area contributed by atoms with Crippen LogP contribution in [-0.2, 0) is 4.74 Å². The van der Waals surface area contributed by atoms with E-state index in [2.05, 4.69) is 68.4 Å². The average Bonchev–Trinajstić information content (AvgIpc) is 2.86. The first kappa shape index (κ1) is 15.3. The molecule has 3 heteroatoms. The van der Waals surface area contributed by atoms with Crippen molar-refractivity contribution >= 4 is 5.69 Å². The van der Waals surface area contributed by atoms with Crippen molar-refractivity contribution in [2.75, 3.05) is 38.3 Å². The second-order valence-electron chi connectivity index (χ2n) is 7.10. The van der Waals surface area contributed by atoms with Crippen LogP contribution in [0.2, 0.25) is 0 Å². The van der Waals surface area contributed by atoms with E-state index in [9.17, 15) is 0 Å². The number of hydrogen-bond donors (Lipinski definition) is 1. The number of nitrogens with zero attached hydrogens (tertiary/aromatic N) is 1.